The maximum Gasteiger partial charge on any atom is 0.257 e. The number of ether oxygens (including phenoxy) is 2. The minimum Gasteiger partial charge on any atom is -0.490 e. The van der Waals surface area contributed by atoms with Gasteiger partial charge in [0, 0.05) is 23.4 Å². The summed E-state index contributed by atoms with van der Waals surface area (Å²) < 4.78 is 11.3. The lowest BCUT2D eigenvalue weighted by atomic mass is 10.1. The second-order valence-electron chi connectivity index (χ2n) is 7.38. The topological polar surface area (TPSA) is 88.7 Å². The number of aryl methyl sites for hydroxylation is 1. The van der Waals surface area contributed by atoms with Crippen LogP contribution in [-0.4, -0.2) is 30.1 Å². The van der Waals surface area contributed by atoms with Gasteiger partial charge in [-0.2, -0.15) is 0 Å². The van der Waals surface area contributed by atoms with Crippen LogP contribution in [0.2, 0.25) is 0 Å². The van der Waals surface area contributed by atoms with E-state index >= 15 is 0 Å². The zero-order valence-corrected chi connectivity index (χ0v) is 19.9. The number of thiocarbonyl (C=S) groups is 1. The molecule has 3 aromatic carbocycles. The Morgan fingerprint density at radius 1 is 0.853 bits per heavy atom. The number of rotatable bonds is 9. The molecular weight excluding hydrogens is 450 g/mol. The van der Waals surface area contributed by atoms with E-state index in [4.69, 9.17) is 21.7 Å². The summed E-state index contributed by atoms with van der Waals surface area (Å²) >= 11 is 5.29. The van der Waals surface area contributed by atoms with Gasteiger partial charge in [0.25, 0.3) is 5.91 Å². The minimum absolute atomic E-state index is 0.0788. The zero-order valence-electron chi connectivity index (χ0n) is 19.1. The highest BCUT2D eigenvalue weighted by molar-refractivity contribution is 7.80. The van der Waals surface area contributed by atoms with Crippen LogP contribution in [0.15, 0.2) is 72.8 Å². The average Bonchev–Trinajstić information content (AvgIpc) is 2.84. The van der Waals surface area contributed by atoms with Gasteiger partial charge in [-0.15, -0.1) is 0 Å². The van der Waals surface area contributed by atoms with E-state index in [1.54, 1.807) is 37.3 Å². The highest BCUT2D eigenvalue weighted by atomic mass is 32.1. The van der Waals surface area contributed by atoms with E-state index in [1.165, 1.54) is 0 Å². The molecule has 2 amide bonds. The first kappa shape index (κ1) is 24.7. The first-order chi connectivity index (χ1) is 16.4. The fraction of sp³-hybridized carbons (Fsp3) is 0.192. The summed E-state index contributed by atoms with van der Waals surface area (Å²) in [5.74, 6) is 0.881. The van der Waals surface area contributed by atoms with Gasteiger partial charge < -0.3 is 20.1 Å². The zero-order chi connectivity index (χ0) is 24.3. The third kappa shape index (κ3) is 7.60. The Morgan fingerprint density at radius 2 is 1.56 bits per heavy atom. The van der Waals surface area contributed by atoms with Crippen LogP contribution in [0.1, 0.15) is 29.3 Å². The predicted octanol–water partition coefficient (Wildman–Crippen LogP) is 4.93. The van der Waals surface area contributed by atoms with Crippen molar-refractivity contribution in [3.05, 3.63) is 83.9 Å². The molecule has 0 atom stereocenters. The summed E-state index contributed by atoms with van der Waals surface area (Å²) in [6.45, 7) is 4.41. The Labute approximate surface area is 204 Å². The molecule has 34 heavy (non-hydrogen) atoms. The Bertz CT molecular complexity index is 1150. The molecule has 8 heteroatoms. The highest BCUT2D eigenvalue weighted by Gasteiger charge is 2.10. The van der Waals surface area contributed by atoms with Gasteiger partial charge >= 0.3 is 0 Å². The van der Waals surface area contributed by atoms with Crippen molar-refractivity contribution in [3.63, 3.8) is 0 Å². The first-order valence-corrected chi connectivity index (χ1v) is 11.3. The molecular formula is C26H27N3O4S. The van der Waals surface area contributed by atoms with Crippen LogP contribution in [0.5, 0.6) is 11.5 Å². The van der Waals surface area contributed by atoms with Crippen LogP contribution < -0.4 is 25.4 Å². The van der Waals surface area contributed by atoms with Crippen LogP contribution in [0.3, 0.4) is 0 Å². The molecule has 3 aromatic rings. The summed E-state index contributed by atoms with van der Waals surface area (Å²) in [7, 11) is 0. The van der Waals surface area contributed by atoms with Gasteiger partial charge in [-0.1, -0.05) is 37.3 Å². The van der Waals surface area contributed by atoms with Gasteiger partial charge in [-0.05, 0) is 67.2 Å². The Balaban J connectivity index is 1.51. The van der Waals surface area contributed by atoms with E-state index in [0.29, 0.717) is 42.3 Å². The number of anilines is 2. The molecule has 0 aliphatic carbocycles. The Hall–Kier alpha value is -3.91. The summed E-state index contributed by atoms with van der Waals surface area (Å²) in [5.41, 5.74) is 2.67. The van der Waals surface area contributed by atoms with Gasteiger partial charge in [-0.25, -0.2) is 0 Å². The lowest BCUT2D eigenvalue weighted by Crippen LogP contribution is -2.34. The second kappa shape index (κ2) is 12.4. The van der Waals surface area contributed by atoms with E-state index in [9.17, 15) is 9.59 Å². The molecule has 0 spiro atoms. The number of hydrogen-bond donors (Lipinski definition) is 3. The molecule has 0 aromatic heterocycles. The molecule has 0 bridgehead atoms. The quantitative estimate of drug-likeness (QED) is 0.299. The van der Waals surface area contributed by atoms with Gasteiger partial charge in [0.05, 0.1) is 0 Å². The number of benzene rings is 3. The van der Waals surface area contributed by atoms with E-state index in [-0.39, 0.29) is 16.9 Å². The summed E-state index contributed by atoms with van der Waals surface area (Å²) in [5, 5.41) is 8.62. The molecule has 0 unspecified atom stereocenters. The molecule has 7 nitrogen and oxygen atoms in total. The number of nitrogens with one attached hydrogen (secondary N) is 3. The van der Waals surface area contributed by atoms with E-state index < -0.39 is 0 Å². The lowest BCUT2D eigenvalue weighted by Gasteiger charge is -2.13. The number of carbonyl (C=O) groups excluding carboxylic acids is 2. The van der Waals surface area contributed by atoms with Gasteiger partial charge in [0.15, 0.2) is 5.11 Å². The van der Waals surface area contributed by atoms with Crippen molar-refractivity contribution in [1.29, 1.82) is 0 Å². The van der Waals surface area contributed by atoms with Crippen LogP contribution in [0, 0.1) is 6.92 Å². The monoisotopic (exact) mass is 477 g/mol. The maximum atomic E-state index is 12.6. The first-order valence-electron chi connectivity index (χ1n) is 10.9. The van der Waals surface area contributed by atoms with E-state index in [0.717, 1.165) is 11.3 Å². The van der Waals surface area contributed by atoms with Crippen LogP contribution in [0.25, 0.3) is 0 Å². The van der Waals surface area contributed by atoms with Crippen LogP contribution in [0.4, 0.5) is 11.4 Å². The smallest absolute Gasteiger partial charge is 0.257 e. The molecule has 0 heterocycles. The number of carbonyl (C=O) groups is 2. The van der Waals surface area contributed by atoms with Gasteiger partial charge in [-0.3, -0.25) is 14.9 Å². The van der Waals surface area contributed by atoms with Crippen molar-refractivity contribution in [2.75, 3.05) is 23.8 Å². The van der Waals surface area contributed by atoms with Crippen molar-refractivity contribution in [2.45, 2.75) is 20.3 Å². The minimum atomic E-state index is -0.366. The van der Waals surface area contributed by atoms with Gasteiger partial charge in [0.1, 0.15) is 24.7 Å². The third-order valence-corrected chi connectivity index (χ3v) is 4.98. The average molecular weight is 478 g/mol. The van der Waals surface area contributed by atoms with Crippen molar-refractivity contribution in [1.82, 2.24) is 5.32 Å². The summed E-state index contributed by atoms with van der Waals surface area (Å²) in [4.78, 5) is 24.4. The lowest BCUT2D eigenvalue weighted by molar-refractivity contribution is -0.115. The fourth-order valence-corrected chi connectivity index (χ4v) is 3.18. The number of para-hydroxylation sites is 1. The van der Waals surface area contributed by atoms with Crippen molar-refractivity contribution in [2.24, 2.45) is 0 Å². The SMILES string of the molecule is CCC(=O)Nc1cc(NC(=S)NC(=O)c2cccc(OCCOc3ccccc3)c2)ccc1C. The number of amides is 2. The molecule has 0 aliphatic heterocycles. The predicted molar refractivity (Wildman–Crippen MR) is 138 cm³/mol. The molecule has 3 N–H and O–H groups in total. The fourth-order valence-electron chi connectivity index (χ4n) is 2.97. The molecule has 0 fully saturated rings. The summed E-state index contributed by atoms with van der Waals surface area (Å²) in [6, 6.07) is 21.8. The van der Waals surface area contributed by atoms with Crippen LogP contribution in [-0.2, 0) is 4.79 Å². The Morgan fingerprint density at radius 3 is 2.29 bits per heavy atom. The number of hydrogen-bond acceptors (Lipinski definition) is 5. The normalized spacial score (nSPS) is 10.2. The highest BCUT2D eigenvalue weighted by Crippen LogP contribution is 2.21. The van der Waals surface area contributed by atoms with E-state index in [2.05, 4.69) is 16.0 Å². The van der Waals surface area contributed by atoms with Crippen LogP contribution >= 0.6 is 12.2 Å². The molecule has 176 valence electrons. The molecule has 0 saturated heterocycles. The molecule has 0 saturated carbocycles. The van der Waals surface area contributed by atoms with Crippen molar-refractivity contribution in [3.8, 4) is 11.5 Å². The van der Waals surface area contributed by atoms with Crippen molar-refractivity contribution < 1.29 is 19.1 Å². The standard InChI is InChI=1S/C26H27N3O4S/c1-3-24(30)28-23-17-20(13-12-18(23)2)27-26(34)29-25(31)19-8-7-11-22(16-19)33-15-14-32-21-9-5-4-6-10-21/h4-13,16-17H,3,14-15H2,1-2H3,(H,28,30)(H2,27,29,31,34). The Kier molecular flexibility index (Phi) is 8.99. The largest absolute Gasteiger partial charge is 0.490 e. The second-order valence-corrected chi connectivity index (χ2v) is 7.79. The molecule has 0 aliphatic rings. The van der Waals surface area contributed by atoms with E-state index in [1.807, 2.05) is 49.4 Å². The maximum absolute atomic E-state index is 12.6. The summed E-state index contributed by atoms with van der Waals surface area (Å²) in [6.07, 6.45) is 0.383. The third-order valence-electron chi connectivity index (χ3n) is 4.78. The van der Waals surface area contributed by atoms with Gasteiger partial charge in [0.2, 0.25) is 5.91 Å². The molecule has 3 rings (SSSR count). The van der Waals surface area contributed by atoms with Crippen molar-refractivity contribution >= 4 is 40.5 Å². The molecule has 0 radical (unpaired) electrons.